The molecule has 2 aliphatic heterocycles. The van der Waals surface area contributed by atoms with E-state index < -0.39 is 0 Å². The van der Waals surface area contributed by atoms with Crippen molar-refractivity contribution in [2.24, 2.45) is 0 Å². The molecule has 0 unspecified atom stereocenters. The van der Waals surface area contributed by atoms with Crippen LogP contribution in [0.4, 0.5) is 4.39 Å². The zero-order valence-electron chi connectivity index (χ0n) is 19.2. The van der Waals surface area contributed by atoms with Crippen molar-refractivity contribution < 1.29 is 19.1 Å². The molecular weight excluding hydrogens is 421 g/mol. The summed E-state index contributed by atoms with van der Waals surface area (Å²) in [5.74, 6) is -0.858. The van der Waals surface area contributed by atoms with E-state index in [4.69, 9.17) is 0 Å². The number of carbonyl (C=O) groups excluding carboxylic acids is 2. The Morgan fingerprint density at radius 3 is 2.24 bits per heavy atom. The number of aryl methyl sites for hydroxylation is 2. The summed E-state index contributed by atoms with van der Waals surface area (Å²) in [5.41, 5.74) is 4.65. The molecule has 1 N–H and O–H groups in total. The van der Waals surface area contributed by atoms with E-state index in [-0.39, 0.29) is 30.8 Å². The number of aliphatic hydroxyl groups is 1. The minimum Gasteiger partial charge on any atom is -0.395 e. The number of hydrogen-bond acceptors (Lipinski definition) is 5. The van der Waals surface area contributed by atoms with Gasteiger partial charge >= 0.3 is 0 Å². The van der Waals surface area contributed by atoms with Crippen molar-refractivity contribution in [2.45, 2.75) is 20.3 Å². The highest BCUT2D eigenvalue weighted by Crippen LogP contribution is 2.34. The number of hydrogen-bond donors (Lipinski definition) is 1. The smallest absolute Gasteiger partial charge is 0.277 e. The van der Waals surface area contributed by atoms with Gasteiger partial charge in [0.2, 0.25) is 0 Å². The van der Waals surface area contributed by atoms with Gasteiger partial charge in [0.1, 0.15) is 11.5 Å². The molecule has 0 atom stereocenters. The maximum Gasteiger partial charge on any atom is 0.277 e. The molecule has 0 radical (unpaired) electrons. The summed E-state index contributed by atoms with van der Waals surface area (Å²) in [4.78, 5) is 32.6. The third kappa shape index (κ3) is 4.84. The molecule has 0 spiro atoms. The van der Waals surface area contributed by atoms with Crippen LogP contribution in [-0.2, 0) is 16.0 Å². The van der Waals surface area contributed by atoms with Crippen molar-refractivity contribution in [1.82, 2.24) is 14.7 Å². The summed E-state index contributed by atoms with van der Waals surface area (Å²) in [6, 6.07) is 12.1. The van der Waals surface area contributed by atoms with Crippen molar-refractivity contribution in [3.63, 3.8) is 0 Å². The molecule has 6 nitrogen and oxygen atoms in total. The number of amides is 2. The summed E-state index contributed by atoms with van der Waals surface area (Å²) in [6.07, 6.45) is 0.468. The van der Waals surface area contributed by atoms with E-state index in [1.807, 2.05) is 36.9 Å². The summed E-state index contributed by atoms with van der Waals surface area (Å²) in [5, 5.41) is 9.23. The number of piperazine rings is 1. The van der Waals surface area contributed by atoms with Crippen LogP contribution in [-0.4, -0.2) is 77.5 Å². The lowest BCUT2D eigenvalue weighted by Crippen LogP contribution is -2.48. The zero-order chi connectivity index (χ0) is 23.5. The molecular formula is C26H30FN3O3. The lowest BCUT2D eigenvalue weighted by molar-refractivity contribution is -0.137. The Hall–Kier alpha value is -3.03. The van der Waals surface area contributed by atoms with Crippen LogP contribution < -0.4 is 0 Å². The van der Waals surface area contributed by atoms with Gasteiger partial charge in [-0.1, -0.05) is 35.9 Å². The van der Waals surface area contributed by atoms with Gasteiger partial charge in [0.15, 0.2) is 0 Å². The fourth-order valence-corrected chi connectivity index (χ4v) is 4.63. The normalized spacial score (nSPS) is 17.5. The van der Waals surface area contributed by atoms with Gasteiger partial charge in [-0.3, -0.25) is 19.4 Å². The molecule has 1 saturated heterocycles. The number of halogens is 1. The molecule has 4 rings (SSSR count). The first-order valence-electron chi connectivity index (χ1n) is 11.4. The largest absolute Gasteiger partial charge is 0.395 e. The number of aliphatic hydroxyl groups excluding tert-OH is 1. The van der Waals surface area contributed by atoms with Crippen LogP contribution in [0.5, 0.6) is 0 Å². The standard InChI is InChI=1S/C26H30FN3O3/c1-18-3-8-22(19(2)17-18)23-24(29-13-11-28(12-14-29)15-16-31)26(33)30(25(23)32)10-9-20-4-6-21(27)7-5-20/h3-8,17,31H,9-16H2,1-2H3. The van der Waals surface area contributed by atoms with Crippen LogP contribution in [0, 0.1) is 19.7 Å². The minimum atomic E-state index is -0.312. The molecule has 7 heteroatoms. The van der Waals surface area contributed by atoms with E-state index in [2.05, 4.69) is 4.90 Å². The molecule has 174 valence electrons. The van der Waals surface area contributed by atoms with Gasteiger partial charge in [-0.05, 0) is 49.1 Å². The highest BCUT2D eigenvalue weighted by Gasteiger charge is 2.42. The molecule has 2 aromatic carbocycles. The van der Waals surface area contributed by atoms with Gasteiger partial charge in [0.05, 0.1) is 12.2 Å². The molecule has 0 aromatic heterocycles. The molecule has 0 aliphatic carbocycles. The summed E-state index contributed by atoms with van der Waals surface area (Å²) in [6.45, 7) is 7.60. The van der Waals surface area contributed by atoms with Crippen molar-refractivity contribution in [1.29, 1.82) is 0 Å². The van der Waals surface area contributed by atoms with Crippen molar-refractivity contribution in [2.75, 3.05) is 45.9 Å². The van der Waals surface area contributed by atoms with Crippen LogP contribution in [0.2, 0.25) is 0 Å². The second kappa shape index (κ2) is 9.85. The van der Waals surface area contributed by atoms with Crippen LogP contribution in [0.15, 0.2) is 48.2 Å². The maximum atomic E-state index is 13.6. The molecule has 2 aromatic rings. The minimum absolute atomic E-state index is 0.102. The summed E-state index contributed by atoms with van der Waals surface area (Å²) < 4.78 is 13.2. The van der Waals surface area contributed by atoms with Gasteiger partial charge in [-0.25, -0.2) is 4.39 Å². The first-order valence-corrected chi connectivity index (χ1v) is 11.4. The van der Waals surface area contributed by atoms with Crippen LogP contribution in [0.25, 0.3) is 5.57 Å². The maximum absolute atomic E-state index is 13.6. The summed E-state index contributed by atoms with van der Waals surface area (Å²) >= 11 is 0. The number of nitrogens with zero attached hydrogens (tertiary/aromatic N) is 3. The Bertz CT molecular complexity index is 1070. The van der Waals surface area contributed by atoms with E-state index in [0.29, 0.717) is 37.3 Å². The van der Waals surface area contributed by atoms with Crippen LogP contribution in [0.3, 0.4) is 0 Å². The highest BCUT2D eigenvalue weighted by molar-refractivity contribution is 6.35. The number of imide groups is 1. The fraction of sp³-hybridized carbons (Fsp3) is 0.385. The Labute approximate surface area is 193 Å². The average Bonchev–Trinajstić information content (AvgIpc) is 3.04. The van der Waals surface area contributed by atoms with Gasteiger partial charge in [-0.2, -0.15) is 0 Å². The topological polar surface area (TPSA) is 64.1 Å². The second-order valence-electron chi connectivity index (χ2n) is 8.73. The molecule has 2 aliphatic rings. The SMILES string of the molecule is Cc1ccc(C2=C(N3CCN(CCO)CC3)C(=O)N(CCc3ccc(F)cc3)C2=O)c(C)c1. The predicted octanol–water partition coefficient (Wildman–Crippen LogP) is 2.38. The van der Waals surface area contributed by atoms with Crippen LogP contribution >= 0.6 is 0 Å². The van der Waals surface area contributed by atoms with Gasteiger partial charge < -0.3 is 10.0 Å². The molecule has 0 bridgehead atoms. The molecule has 33 heavy (non-hydrogen) atoms. The van der Waals surface area contributed by atoms with Gasteiger partial charge in [0.25, 0.3) is 11.8 Å². The molecule has 0 saturated carbocycles. The van der Waals surface area contributed by atoms with Crippen LogP contribution in [0.1, 0.15) is 22.3 Å². The lowest BCUT2D eigenvalue weighted by Gasteiger charge is -2.36. The van der Waals surface area contributed by atoms with Gasteiger partial charge in [-0.15, -0.1) is 0 Å². The summed E-state index contributed by atoms with van der Waals surface area (Å²) in [7, 11) is 0. The number of β-amino-alcohol motifs (C(OH)–C–C–N with tert-alkyl or cyclic N) is 1. The predicted molar refractivity (Wildman–Crippen MR) is 125 cm³/mol. The average molecular weight is 452 g/mol. The Kier molecular flexibility index (Phi) is 6.91. The first kappa shape index (κ1) is 23.1. The van der Waals surface area contributed by atoms with E-state index in [1.54, 1.807) is 12.1 Å². The Morgan fingerprint density at radius 2 is 1.61 bits per heavy atom. The van der Waals surface area contributed by atoms with E-state index in [0.717, 1.165) is 35.3 Å². The van der Waals surface area contributed by atoms with E-state index >= 15 is 0 Å². The quantitative estimate of drug-likeness (QED) is 0.655. The third-order valence-electron chi connectivity index (χ3n) is 6.44. The van der Waals surface area contributed by atoms with E-state index in [1.165, 1.54) is 17.0 Å². The third-order valence-corrected chi connectivity index (χ3v) is 6.44. The Balaban J connectivity index is 1.63. The number of rotatable bonds is 7. The monoisotopic (exact) mass is 451 g/mol. The number of benzene rings is 2. The second-order valence-corrected chi connectivity index (χ2v) is 8.73. The fourth-order valence-electron chi connectivity index (χ4n) is 4.63. The van der Waals surface area contributed by atoms with Crippen molar-refractivity contribution >= 4 is 17.4 Å². The lowest BCUT2D eigenvalue weighted by atomic mass is 9.97. The number of carbonyl (C=O) groups is 2. The van der Waals surface area contributed by atoms with Crippen molar-refractivity contribution in [3.05, 3.63) is 76.2 Å². The first-order chi connectivity index (χ1) is 15.9. The zero-order valence-corrected chi connectivity index (χ0v) is 19.2. The van der Waals surface area contributed by atoms with E-state index in [9.17, 15) is 19.1 Å². The van der Waals surface area contributed by atoms with Crippen molar-refractivity contribution in [3.8, 4) is 0 Å². The molecule has 2 heterocycles. The molecule has 1 fully saturated rings. The molecule has 2 amide bonds. The van der Waals surface area contributed by atoms with Gasteiger partial charge in [0, 0.05) is 39.3 Å². The Morgan fingerprint density at radius 1 is 0.909 bits per heavy atom. The highest BCUT2D eigenvalue weighted by atomic mass is 19.1.